The molecule has 1 aliphatic heterocycles. The molecule has 1 aromatic heterocycles. The number of rotatable bonds is 7. The fourth-order valence-electron chi connectivity index (χ4n) is 4.71. The van der Waals surface area contributed by atoms with Gasteiger partial charge in [-0.3, -0.25) is 9.10 Å². The number of imidazole rings is 1. The van der Waals surface area contributed by atoms with Crippen LogP contribution in [0.1, 0.15) is 46.4 Å². The second-order valence-electron chi connectivity index (χ2n) is 10.3. The molecular weight excluding hydrogens is 476 g/mol. The largest absolute Gasteiger partial charge is 0.381 e. The minimum atomic E-state index is -3.82. The highest BCUT2D eigenvalue weighted by molar-refractivity contribution is 7.92. The van der Waals surface area contributed by atoms with Crippen molar-refractivity contribution in [3.8, 4) is 0 Å². The first-order valence-corrected chi connectivity index (χ1v) is 13.8. The van der Waals surface area contributed by atoms with Gasteiger partial charge in [0, 0.05) is 44.3 Å². The van der Waals surface area contributed by atoms with Crippen molar-refractivity contribution in [2.75, 3.05) is 29.4 Å². The van der Waals surface area contributed by atoms with Crippen LogP contribution in [-0.2, 0) is 31.5 Å². The zero-order valence-corrected chi connectivity index (χ0v) is 22.3. The number of benzene rings is 2. The second-order valence-corrected chi connectivity index (χ2v) is 12.1. The van der Waals surface area contributed by atoms with Gasteiger partial charge in [0.2, 0.25) is 5.91 Å². The minimum Gasteiger partial charge on any atom is -0.381 e. The van der Waals surface area contributed by atoms with Gasteiger partial charge in [0.25, 0.3) is 10.0 Å². The molecule has 0 saturated carbocycles. The number of aromatic nitrogens is 2. The number of ether oxygens (including phenoxy) is 1. The lowest BCUT2D eigenvalue weighted by atomic mass is 9.94. The van der Waals surface area contributed by atoms with E-state index in [1.807, 2.05) is 25.1 Å². The van der Waals surface area contributed by atoms with E-state index in [-0.39, 0.29) is 16.9 Å². The maximum absolute atomic E-state index is 13.5. The van der Waals surface area contributed by atoms with Gasteiger partial charge in [-0.25, -0.2) is 13.4 Å². The lowest BCUT2D eigenvalue weighted by Gasteiger charge is -2.26. The summed E-state index contributed by atoms with van der Waals surface area (Å²) in [5, 5.41) is 2.55. The van der Waals surface area contributed by atoms with Crippen molar-refractivity contribution in [3.63, 3.8) is 0 Å². The minimum absolute atomic E-state index is 0.145. The van der Waals surface area contributed by atoms with E-state index < -0.39 is 15.9 Å². The van der Waals surface area contributed by atoms with Crippen LogP contribution in [0.2, 0.25) is 0 Å². The normalized spacial score (nSPS) is 15.2. The summed E-state index contributed by atoms with van der Waals surface area (Å²) in [5.41, 5.74) is 2.69. The van der Waals surface area contributed by atoms with E-state index in [0.29, 0.717) is 17.3 Å². The molecule has 0 spiro atoms. The molecule has 36 heavy (non-hydrogen) atoms. The topological polar surface area (TPSA) is 93.5 Å². The van der Waals surface area contributed by atoms with Crippen molar-refractivity contribution in [2.45, 2.75) is 57.4 Å². The molecule has 0 aliphatic carbocycles. The van der Waals surface area contributed by atoms with Crippen LogP contribution in [0.25, 0.3) is 11.0 Å². The van der Waals surface area contributed by atoms with Crippen LogP contribution in [-0.4, -0.2) is 43.6 Å². The van der Waals surface area contributed by atoms with Gasteiger partial charge in [0.05, 0.1) is 21.6 Å². The van der Waals surface area contributed by atoms with Crippen LogP contribution in [0, 0.1) is 12.8 Å². The number of nitrogens with one attached hydrogen (secondary N) is 1. The van der Waals surface area contributed by atoms with Crippen molar-refractivity contribution in [1.82, 2.24) is 9.55 Å². The van der Waals surface area contributed by atoms with E-state index in [1.54, 1.807) is 12.1 Å². The number of carbonyl (C=O) groups excluding carboxylic acids is 1. The van der Waals surface area contributed by atoms with Gasteiger partial charge in [-0.15, -0.1) is 0 Å². The molecule has 2 aromatic carbocycles. The second kappa shape index (κ2) is 10.2. The average molecular weight is 512 g/mol. The smallest absolute Gasteiger partial charge is 0.264 e. The van der Waals surface area contributed by atoms with Gasteiger partial charge in [-0.1, -0.05) is 20.8 Å². The van der Waals surface area contributed by atoms with E-state index in [2.05, 4.69) is 37.6 Å². The third-order valence-corrected chi connectivity index (χ3v) is 8.40. The van der Waals surface area contributed by atoms with Crippen molar-refractivity contribution < 1.29 is 17.9 Å². The summed E-state index contributed by atoms with van der Waals surface area (Å²) < 4.78 is 36.3. The van der Waals surface area contributed by atoms with E-state index >= 15 is 0 Å². The van der Waals surface area contributed by atoms with Crippen LogP contribution in [0.3, 0.4) is 0 Å². The number of hydrogen-bond donors (Lipinski definition) is 1. The summed E-state index contributed by atoms with van der Waals surface area (Å²) in [6, 6.07) is 11.8. The van der Waals surface area contributed by atoms with E-state index in [9.17, 15) is 13.2 Å². The Morgan fingerprint density at radius 1 is 1.17 bits per heavy atom. The fourth-order valence-corrected chi connectivity index (χ4v) is 6.17. The molecule has 1 amide bonds. The van der Waals surface area contributed by atoms with Gasteiger partial charge < -0.3 is 14.6 Å². The molecule has 1 N–H and O–H groups in total. The standard InChI is InChI=1S/C27H35N4O4S/c1-6-31(36(33,34)23-10-7-21(8-11-23)28-19(2)32)22-9-12-25-24(17-22)29-26(27(3,4)5)30(25)18-20-13-15-35-16-14-20/h7-12,17,20H,2,6,13-16,18H2,1,3-5H3,(H,28,32). The molecule has 1 aliphatic rings. The van der Waals surface area contributed by atoms with Gasteiger partial charge in [-0.2, -0.15) is 0 Å². The highest BCUT2D eigenvalue weighted by atomic mass is 32.2. The third-order valence-electron chi connectivity index (χ3n) is 6.49. The molecule has 0 atom stereocenters. The third kappa shape index (κ3) is 5.42. The summed E-state index contributed by atoms with van der Waals surface area (Å²) in [6.45, 7) is 14.3. The van der Waals surface area contributed by atoms with Gasteiger partial charge >= 0.3 is 0 Å². The first-order chi connectivity index (χ1) is 17.0. The maximum Gasteiger partial charge on any atom is 0.264 e. The Morgan fingerprint density at radius 2 is 1.83 bits per heavy atom. The lowest BCUT2D eigenvalue weighted by molar-refractivity contribution is -0.112. The number of hydrogen-bond acceptors (Lipinski definition) is 5. The number of nitrogens with zero attached hydrogens (tertiary/aromatic N) is 3. The first kappa shape index (κ1) is 26.2. The first-order valence-electron chi connectivity index (χ1n) is 12.3. The van der Waals surface area contributed by atoms with Crippen LogP contribution in [0.15, 0.2) is 47.4 Å². The Bertz CT molecular complexity index is 1330. The van der Waals surface area contributed by atoms with Gasteiger partial charge in [0.15, 0.2) is 0 Å². The molecule has 0 unspecified atom stereocenters. The van der Waals surface area contributed by atoms with Gasteiger partial charge in [-0.05, 0) is 68.1 Å². The zero-order chi connectivity index (χ0) is 26.1. The fraction of sp³-hybridized carbons (Fsp3) is 0.444. The van der Waals surface area contributed by atoms with Crippen LogP contribution in [0.4, 0.5) is 11.4 Å². The number of amides is 1. The monoisotopic (exact) mass is 511 g/mol. The van der Waals surface area contributed by atoms with Crippen molar-refractivity contribution in [1.29, 1.82) is 0 Å². The Labute approximate surface area is 213 Å². The van der Waals surface area contributed by atoms with E-state index in [0.717, 1.165) is 49.5 Å². The van der Waals surface area contributed by atoms with Crippen LogP contribution < -0.4 is 9.62 Å². The Balaban J connectivity index is 1.70. The molecule has 193 valence electrons. The molecular formula is C27H35N4O4S. The summed E-state index contributed by atoms with van der Waals surface area (Å²) in [5.74, 6) is 1.07. The molecule has 9 heteroatoms. The Morgan fingerprint density at radius 3 is 2.42 bits per heavy atom. The average Bonchev–Trinajstić information content (AvgIpc) is 3.18. The maximum atomic E-state index is 13.5. The molecule has 1 radical (unpaired) electrons. The number of carbonyl (C=O) groups is 1. The van der Waals surface area contributed by atoms with Gasteiger partial charge in [0.1, 0.15) is 5.82 Å². The highest BCUT2D eigenvalue weighted by Crippen LogP contribution is 2.32. The lowest BCUT2D eigenvalue weighted by Crippen LogP contribution is -2.30. The van der Waals surface area contributed by atoms with Crippen molar-refractivity contribution in [2.24, 2.45) is 5.92 Å². The molecule has 3 aromatic rings. The van der Waals surface area contributed by atoms with E-state index in [4.69, 9.17) is 9.72 Å². The summed E-state index contributed by atoms with van der Waals surface area (Å²) in [6.07, 6.45) is 2.06. The summed E-state index contributed by atoms with van der Waals surface area (Å²) >= 11 is 0. The summed E-state index contributed by atoms with van der Waals surface area (Å²) in [4.78, 5) is 16.3. The number of fused-ring (bicyclic) bond motifs is 1. The van der Waals surface area contributed by atoms with Crippen LogP contribution >= 0.6 is 0 Å². The number of anilines is 2. The predicted molar refractivity (Wildman–Crippen MR) is 143 cm³/mol. The highest BCUT2D eigenvalue weighted by Gasteiger charge is 2.28. The molecule has 1 fully saturated rings. The number of sulfonamides is 1. The molecule has 8 nitrogen and oxygen atoms in total. The Hall–Kier alpha value is -2.91. The quantitative estimate of drug-likeness (QED) is 0.494. The molecule has 0 bridgehead atoms. The molecule has 4 rings (SSSR count). The predicted octanol–water partition coefficient (Wildman–Crippen LogP) is 4.75. The molecule has 2 heterocycles. The van der Waals surface area contributed by atoms with Crippen LogP contribution in [0.5, 0.6) is 0 Å². The van der Waals surface area contributed by atoms with Crippen molar-refractivity contribution in [3.05, 3.63) is 55.2 Å². The zero-order valence-electron chi connectivity index (χ0n) is 21.5. The Kier molecular flexibility index (Phi) is 7.43. The van der Waals surface area contributed by atoms with Crippen molar-refractivity contribution >= 4 is 38.3 Å². The SMILES string of the molecule is [CH2]C(=O)Nc1ccc(S(=O)(=O)N(CC)c2ccc3c(c2)nc(C(C)(C)C)n3CC2CCOCC2)cc1. The molecule has 1 saturated heterocycles. The summed E-state index contributed by atoms with van der Waals surface area (Å²) in [7, 11) is -3.82. The van der Waals surface area contributed by atoms with E-state index in [1.165, 1.54) is 16.4 Å².